The molecular formula is C23H23N3O4. The summed E-state index contributed by atoms with van der Waals surface area (Å²) >= 11 is 0. The Balaban J connectivity index is 1.58. The van der Waals surface area contributed by atoms with Crippen LogP contribution in [0.4, 0.5) is 16.2 Å². The Bertz CT molecular complexity index is 990. The first-order valence-electron chi connectivity index (χ1n) is 10.00. The third-order valence-corrected chi connectivity index (χ3v) is 5.28. The maximum absolute atomic E-state index is 13.0. The minimum Gasteiger partial charge on any atom is -0.378 e. The second kappa shape index (κ2) is 8.51. The number of morpholine rings is 1. The second-order valence-electron chi connectivity index (χ2n) is 7.17. The number of aryl methyl sites for hydroxylation is 1. The van der Waals surface area contributed by atoms with Crippen molar-refractivity contribution in [2.24, 2.45) is 0 Å². The number of benzene rings is 2. The smallest absolute Gasteiger partial charge is 0.335 e. The maximum Gasteiger partial charge on any atom is 0.335 e. The molecule has 1 N–H and O–H groups in total. The van der Waals surface area contributed by atoms with Crippen LogP contribution in [0.2, 0.25) is 0 Å². The van der Waals surface area contributed by atoms with E-state index in [1.54, 1.807) is 12.1 Å². The molecule has 0 atom stereocenters. The maximum atomic E-state index is 13.0. The largest absolute Gasteiger partial charge is 0.378 e. The van der Waals surface area contributed by atoms with Crippen LogP contribution in [0.5, 0.6) is 0 Å². The topological polar surface area (TPSA) is 79.0 Å². The first-order chi connectivity index (χ1) is 14.6. The summed E-state index contributed by atoms with van der Waals surface area (Å²) in [5.74, 6) is -1.33. The highest BCUT2D eigenvalue weighted by Crippen LogP contribution is 2.23. The monoisotopic (exact) mass is 405 g/mol. The van der Waals surface area contributed by atoms with Gasteiger partial charge in [-0.1, -0.05) is 31.2 Å². The summed E-state index contributed by atoms with van der Waals surface area (Å²) in [7, 11) is 0. The van der Waals surface area contributed by atoms with E-state index in [1.807, 2.05) is 43.3 Å². The van der Waals surface area contributed by atoms with Crippen molar-refractivity contribution in [1.82, 2.24) is 5.32 Å². The number of rotatable bonds is 4. The Morgan fingerprint density at radius 3 is 2.20 bits per heavy atom. The first kappa shape index (κ1) is 19.8. The van der Waals surface area contributed by atoms with Gasteiger partial charge in [-0.15, -0.1) is 0 Å². The molecule has 0 aliphatic carbocycles. The zero-order chi connectivity index (χ0) is 21.1. The molecule has 2 fully saturated rings. The van der Waals surface area contributed by atoms with Gasteiger partial charge in [0.1, 0.15) is 5.57 Å². The Kier molecular flexibility index (Phi) is 5.63. The van der Waals surface area contributed by atoms with Crippen molar-refractivity contribution in [3.05, 3.63) is 65.2 Å². The van der Waals surface area contributed by atoms with Crippen LogP contribution in [-0.4, -0.2) is 44.1 Å². The highest BCUT2D eigenvalue weighted by molar-refractivity contribution is 6.39. The van der Waals surface area contributed by atoms with E-state index in [2.05, 4.69) is 10.2 Å². The number of barbiturate groups is 1. The fourth-order valence-electron chi connectivity index (χ4n) is 3.54. The molecule has 0 unspecified atom stereocenters. The third kappa shape index (κ3) is 3.97. The molecule has 2 saturated heterocycles. The highest BCUT2D eigenvalue weighted by Gasteiger charge is 2.36. The molecule has 2 aromatic rings. The Hall–Kier alpha value is -3.45. The standard InChI is InChI=1S/C23H23N3O4/c1-2-16-3-9-19(10-4-16)26-22(28)20(21(27)24-23(26)29)15-17-5-7-18(8-6-17)25-11-13-30-14-12-25/h3-10,15H,2,11-14H2,1H3,(H,24,27,29)/b20-15+. The van der Waals surface area contributed by atoms with E-state index in [0.29, 0.717) is 24.5 Å². The lowest BCUT2D eigenvalue weighted by atomic mass is 10.1. The van der Waals surface area contributed by atoms with Gasteiger partial charge in [-0.05, 0) is 47.9 Å². The highest BCUT2D eigenvalue weighted by atomic mass is 16.5. The van der Waals surface area contributed by atoms with Gasteiger partial charge in [0.2, 0.25) is 0 Å². The molecule has 2 aliphatic heterocycles. The van der Waals surface area contributed by atoms with Crippen LogP contribution in [0.15, 0.2) is 54.1 Å². The van der Waals surface area contributed by atoms with Crippen LogP contribution in [0.25, 0.3) is 6.08 Å². The van der Waals surface area contributed by atoms with E-state index in [9.17, 15) is 14.4 Å². The number of carbonyl (C=O) groups excluding carboxylic acids is 3. The van der Waals surface area contributed by atoms with Crippen LogP contribution in [-0.2, 0) is 20.7 Å². The molecule has 0 radical (unpaired) electrons. The fourth-order valence-corrected chi connectivity index (χ4v) is 3.54. The molecule has 0 saturated carbocycles. The number of hydrogen-bond acceptors (Lipinski definition) is 5. The number of ether oxygens (including phenoxy) is 1. The molecule has 7 nitrogen and oxygen atoms in total. The Morgan fingerprint density at radius 1 is 0.933 bits per heavy atom. The number of amides is 4. The van der Waals surface area contributed by atoms with E-state index >= 15 is 0 Å². The summed E-state index contributed by atoms with van der Waals surface area (Å²) in [4.78, 5) is 40.8. The van der Waals surface area contributed by atoms with Gasteiger partial charge < -0.3 is 9.64 Å². The van der Waals surface area contributed by atoms with Gasteiger partial charge in [0.05, 0.1) is 18.9 Å². The molecule has 0 spiro atoms. The Morgan fingerprint density at radius 2 is 1.57 bits per heavy atom. The molecule has 7 heteroatoms. The number of imide groups is 2. The SMILES string of the molecule is CCc1ccc(N2C(=O)NC(=O)/C(=C\c3ccc(N4CCOCC4)cc3)C2=O)cc1. The van der Waals surface area contributed by atoms with Crippen molar-refractivity contribution in [3.8, 4) is 0 Å². The van der Waals surface area contributed by atoms with E-state index < -0.39 is 17.8 Å². The van der Waals surface area contributed by atoms with Gasteiger partial charge in [0, 0.05) is 18.8 Å². The van der Waals surface area contributed by atoms with Crippen molar-refractivity contribution in [2.75, 3.05) is 36.1 Å². The molecule has 154 valence electrons. The minimum atomic E-state index is -0.742. The third-order valence-electron chi connectivity index (χ3n) is 5.28. The van der Waals surface area contributed by atoms with E-state index in [-0.39, 0.29) is 5.57 Å². The van der Waals surface area contributed by atoms with Crippen molar-refractivity contribution in [3.63, 3.8) is 0 Å². The molecular weight excluding hydrogens is 382 g/mol. The predicted octanol–water partition coefficient (Wildman–Crippen LogP) is 2.75. The number of hydrogen-bond donors (Lipinski definition) is 1. The lowest BCUT2D eigenvalue weighted by Gasteiger charge is -2.29. The average molecular weight is 405 g/mol. The molecule has 0 bridgehead atoms. The Labute approximate surface area is 174 Å². The summed E-state index contributed by atoms with van der Waals surface area (Å²) in [6.45, 7) is 5.08. The second-order valence-corrected chi connectivity index (χ2v) is 7.17. The van der Waals surface area contributed by atoms with Gasteiger partial charge in [0.15, 0.2) is 0 Å². The van der Waals surface area contributed by atoms with Gasteiger partial charge in [-0.25, -0.2) is 9.69 Å². The lowest BCUT2D eigenvalue weighted by Crippen LogP contribution is -2.54. The van der Waals surface area contributed by atoms with Crippen LogP contribution < -0.4 is 15.1 Å². The normalized spacial score (nSPS) is 18.7. The zero-order valence-corrected chi connectivity index (χ0v) is 16.8. The molecule has 2 aliphatic rings. The van der Waals surface area contributed by atoms with Crippen LogP contribution in [0.3, 0.4) is 0 Å². The van der Waals surface area contributed by atoms with Crippen LogP contribution >= 0.6 is 0 Å². The van der Waals surface area contributed by atoms with Crippen molar-refractivity contribution >= 4 is 35.3 Å². The van der Waals surface area contributed by atoms with Gasteiger partial charge >= 0.3 is 6.03 Å². The molecule has 4 amide bonds. The number of urea groups is 1. The number of nitrogens with zero attached hydrogens (tertiary/aromatic N) is 2. The summed E-state index contributed by atoms with van der Waals surface area (Å²) in [6.07, 6.45) is 2.37. The predicted molar refractivity (Wildman–Crippen MR) is 114 cm³/mol. The van der Waals surface area contributed by atoms with Gasteiger partial charge in [-0.3, -0.25) is 14.9 Å². The van der Waals surface area contributed by atoms with E-state index in [4.69, 9.17) is 4.74 Å². The molecule has 2 aromatic carbocycles. The number of anilines is 2. The van der Waals surface area contributed by atoms with Crippen molar-refractivity contribution < 1.29 is 19.1 Å². The average Bonchev–Trinajstić information content (AvgIpc) is 2.78. The first-order valence-corrected chi connectivity index (χ1v) is 10.00. The zero-order valence-electron chi connectivity index (χ0n) is 16.8. The van der Waals surface area contributed by atoms with E-state index in [1.165, 1.54) is 6.08 Å². The minimum absolute atomic E-state index is 0.0757. The quantitative estimate of drug-likeness (QED) is 0.625. The van der Waals surface area contributed by atoms with Crippen LogP contribution in [0, 0.1) is 0 Å². The summed E-state index contributed by atoms with van der Waals surface area (Å²) in [6, 6.07) is 14.0. The summed E-state index contributed by atoms with van der Waals surface area (Å²) in [5, 5.41) is 2.26. The number of nitrogens with one attached hydrogen (secondary N) is 1. The fraction of sp³-hybridized carbons (Fsp3) is 0.261. The molecule has 4 rings (SSSR count). The molecule has 2 heterocycles. The molecule has 0 aromatic heterocycles. The van der Waals surface area contributed by atoms with Gasteiger partial charge in [0.25, 0.3) is 11.8 Å². The summed E-state index contributed by atoms with van der Waals surface area (Å²) in [5.41, 5.74) is 3.22. The van der Waals surface area contributed by atoms with Crippen LogP contribution in [0.1, 0.15) is 18.1 Å². The lowest BCUT2D eigenvalue weighted by molar-refractivity contribution is -0.122. The number of carbonyl (C=O) groups is 3. The van der Waals surface area contributed by atoms with Gasteiger partial charge in [-0.2, -0.15) is 0 Å². The van der Waals surface area contributed by atoms with Crippen molar-refractivity contribution in [2.45, 2.75) is 13.3 Å². The van der Waals surface area contributed by atoms with Crippen molar-refractivity contribution in [1.29, 1.82) is 0 Å². The van der Waals surface area contributed by atoms with E-state index in [0.717, 1.165) is 35.7 Å². The summed E-state index contributed by atoms with van der Waals surface area (Å²) < 4.78 is 5.37. The molecule has 30 heavy (non-hydrogen) atoms.